The Morgan fingerprint density at radius 1 is 1.50 bits per heavy atom. The highest BCUT2D eigenvalue weighted by atomic mass is 79.9. The standard InChI is InChI=1S/C11H14BrFN2O4S/c1-15(6-5-11(16)19-2)20(17,18)14-10-4-3-8(12)7-9(10)13/h3-4,7,14H,5-6H2,1-2H3. The quantitative estimate of drug-likeness (QED) is 0.776. The molecule has 0 unspecified atom stereocenters. The zero-order valence-corrected chi connectivity index (χ0v) is 13.3. The molecular formula is C11H14BrFN2O4S. The normalized spacial score (nSPS) is 11.4. The van der Waals surface area contributed by atoms with Crippen molar-refractivity contribution < 1.29 is 22.3 Å². The SMILES string of the molecule is COC(=O)CCN(C)S(=O)(=O)Nc1ccc(Br)cc1F. The Morgan fingerprint density at radius 2 is 2.15 bits per heavy atom. The van der Waals surface area contributed by atoms with Gasteiger partial charge in [-0.25, -0.2) is 4.39 Å². The van der Waals surface area contributed by atoms with Crippen LogP contribution in [0.5, 0.6) is 0 Å². The van der Waals surface area contributed by atoms with Crippen molar-refractivity contribution in [1.82, 2.24) is 4.31 Å². The van der Waals surface area contributed by atoms with Gasteiger partial charge in [-0.3, -0.25) is 9.52 Å². The number of nitrogens with zero attached hydrogens (tertiary/aromatic N) is 1. The lowest BCUT2D eigenvalue weighted by atomic mass is 10.3. The van der Waals surface area contributed by atoms with Gasteiger partial charge in [0.15, 0.2) is 0 Å². The van der Waals surface area contributed by atoms with Crippen molar-refractivity contribution in [2.24, 2.45) is 0 Å². The molecule has 0 aliphatic carbocycles. The van der Waals surface area contributed by atoms with E-state index in [1.807, 2.05) is 0 Å². The molecule has 112 valence electrons. The summed E-state index contributed by atoms with van der Waals surface area (Å²) in [7, 11) is -1.44. The molecule has 0 atom stereocenters. The minimum atomic E-state index is -3.93. The Balaban J connectivity index is 2.76. The van der Waals surface area contributed by atoms with E-state index in [2.05, 4.69) is 25.4 Å². The van der Waals surface area contributed by atoms with Crippen LogP contribution >= 0.6 is 15.9 Å². The number of hydrogen-bond donors (Lipinski definition) is 1. The first-order valence-electron chi connectivity index (χ1n) is 5.52. The molecule has 1 rings (SSSR count). The van der Waals surface area contributed by atoms with Gasteiger partial charge in [-0.2, -0.15) is 12.7 Å². The molecule has 0 bridgehead atoms. The summed E-state index contributed by atoms with van der Waals surface area (Å²) >= 11 is 3.07. The third kappa shape index (κ3) is 4.73. The molecule has 0 fully saturated rings. The van der Waals surface area contributed by atoms with Crippen molar-refractivity contribution in [3.8, 4) is 0 Å². The highest BCUT2D eigenvalue weighted by Gasteiger charge is 2.20. The second kappa shape index (κ2) is 7.00. The fourth-order valence-corrected chi connectivity index (χ4v) is 2.52. The summed E-state index contributed by atoms with van der Waals surface area (Å²) < 4.78 is 45.3. The van der Waals surface area contributed by atoms with Gasteiger partial charge in [-0.1, -0.05) is 15.9 Å². The molecule has 1 aromatic rings. The van der Waals surface area contributed by atoms with Crippen LogP contribution in [0, 0.1) is 5.82 Å². The summed E-state index contributed by atoms with van der Waals surface area (Å²) in [6, 6.07) is 3.95. The van der Waals surface area contributed by atoms with Crippen molar-refractivity contribution >= 4 is 37.8 Å². The number of methoxy groups -OCH3 is 1. The first kappa shape index (κ1) is 16.9. The molecule has 0 aliphatic heterocycles. The zero-order chi connectivity index (χ0) is 15.3. The van der Waals surface area contributed by atoms with Crippen LogP contribution in [-0.4, -0.2) is 39.4 Å². The van der Waals surface area contributed by atoms with Gasteiger partial charge >= 0.3 is 16.2 Å². The van der Waals surface area contributed by atoms with E-state index in [1.165, 1.54) is 26.3 Å². The van der Waals surface area contributed by atoms with E-state index in [4.69, 9.17) is 0 Å². The van der Waals surface area contributed by atoms with Gasteiger partial charge in [-0.05, 0) is 18.2 Å². The van der Waals surface area contributed by atoms with Crippen molar-refractivity contribution in [1.29, 1.82) is 0 Å². The maximum Gasteiger partial charge on any atom is 0.306 e. The van der Waals surface area contributed by atoms with Gasteiger partial charge < -0.3 is 4.74 Å². The zero-order valence-electron chi connectivity index (χ0n) is 10.9. The first-order chi connectivity index (χ1) is 9.26. The third-order valence-corrected chi connectivity index (χ3v) is 4.41. The lowest BCUT2D eigenvalue weighted by molar-refractivity contribution is -0.140. The molecule has 0 aromatic heterocycles. The van der Waals surface area contributed by atoms with E-state index in [9.17, 15) is 17.6 Å². The van der Waals surface area contributed by atoms with E-state index < -0.39 is 22.0 Å². The number of nitrogens with one attached hydrogen (secondary N) is 1. The van der Waals surface area contributed by atoms with Crippen LogP contribution in [0.1, 0.15) is 6.42 Å². The number of hydrogen-bond acceptors (Lipinski definition) is 4. The number of carbonyl (C=O) groups is 1. The molecule has 9 heteroatoms. The molecule has 0 saturated carbocycles. The maximum atomic E-state index is 13.6. The van der Waals surface area contributed by atoms with Crippen molar-refractivity contribution in [2.75, 3.05) is 25.4 Å². The van der Waals surface area contributed by atoms with Crippen molar-refractivity contribution in [3.05, 3.63) is 28.5 Å². The van der Waals surface area contributed by atoms with Crippen molar-refractivity contribution in [2.45, 2.75) is 6.42 Å². The molecule has 0 saturated heterocycles. The van der Waals surface area contributed by atoms with Crippen LogP contribution in [0.25, 0.3) is 0 Å². The molecular weight excluding hydrogens is 355 g/mol. The fraction of sp³-hybridized carbons (Fsp3) is 0.364. The minimum absolute atomic E-state index is 0.0693. The molecule has 0 amide bonds. The molecule has 6 nitrogen and oxygen atoms in total. The lowest BCUT2D eigenvalue weighted by Crippen LogP contribution is -2.34. The monoisotopic (exact) mass is 368 g/mol. The summed E-state index contributed by atoms with van der Waals surface area (Å²) in [6.07, 6.45) is -0.0866. The number of esters is 1. The Morgan fingerprint density at radius 3 is 2.70 bits per heavy atom. The summed E-state index contributed by atoms with van der Waals surface area (Å²) in [4.78, 5) is 11.0. The van der Waals surface area contributed by atoms with E-state index in [-0.39, 0.29) is 18.7 Å². The Bertz CT molecular complexity index is 594. The predicted octanol–water partition coefficient (Wildman–Crippen LogP) is 1.74. The summed E-state index contributed by atoms with van der Waals surface area (Å²) in [5, 5.41) is 0. The summed E-state index contributed by atoms with van der Waals surface area (Å²) in [5.74, 6) is -1.23. The molecule has 0 spiro atoms. The number of benzene rings is 1. The smallest absolute Gasteiger partial charge is 0.306 e. The van der Waals surface area contributed by atoms with E-state index in [0.717, 1.165) is 10.4 Å². The first-order valence-corrected chi connectivity index (χ1v) is 7.75. The summed E-state index contributed by atoms with van der Waals surface area (Å²) in [6.45, 7) is -0.0693. The molecule has 0 heterocycles. The molecule has 0 aliphatic rings. The molecule has 0 radical (unpaired) electrons. The predicted molar refractivity (Wildman–Crippen MR) is 75.9 cm³/mol. The summed E-state index contributed by atoms with van der Waals surface area (Å²) in [5.41, 5.74) is -0.168. The average Bonchev–Trinajstić information content (AvgIpc) is 2.38. The minimum Gasteiger partial charge on any atom is -0.469 e. The number of halogens is 2. The number of ether oxygens (including phenoxy) is 1. The van der Waals surface area contributed by atoms with E-state index >= 15 is 0 Å². The maximum absolute atomic E-state index is 13.6. The van der Waals surface area contributed by atoms with Gasteiger partial charge in [0.2, 0.25) is 0 Å². The second-order valence-corrected chi connectivity index (χ2v) is 6.57. The van der Waals surface area contributed by atoms with Crippen LogP contribution in [0.4, 0.5) is 10.1 Å². The lowest BCUT2D eigenvalue weighted by Gasteiger charge is -2.18. The highest BCUT2D eigenvalue weighted by molar-refractivity contribution is 9.10. The van der Waals surface area contributed by atoms with E-state index in [1.54, 1.807) is 0 Å². The van der Waals surface area contributed by atoms with Gasteiger partial charge in [0, 0.05) is 18.1 Å². The number of anilines is 1. The van der Waals surface area contributed by atoms with Gasteiger partial charge in [0.25, 0.3) is 0 Å². The van der Waals surface area contributed by atoms with E-state index in [0.29, 0.717) is 4.47 Å². The average molecular weight is 369 g/mol. The fourth-order valence-electron chi connectivity index (χ4n) is 1.26. The van der Waals surface area contributed by atoms with Crippen LogP contribution in [0.3, 0.4) is 0 Å². The van der Waals surface area contributed by atoms with Crippen LogP contribution in [0.2, 0.25) is 0 Å². The van der Waals surface area contributed by atoms with Crippen LogP contribution in [0.15, 0.2) is 22.7 Å². The topological polar surface area (TPSA) is 75.7 Å². The second-order valence-electron chi connectivity index (χ2n) is 3.88. The van der Waals surface area contributed by atoms with Gasteiger partial charge in [-0.15, -0.1) is 0 Å². The largest absolute Gasteiger partial charge is 0.469 e. The molecule has 1 aromatic carbocycles. The van der Waals surface area contributed by atoms with Crippen LogP contribution in [-0.2, 0) is 19.7 Å². The van der Waals surface area contributed by atoms with Gasteiger partial charge in [0.05, 0.1) is 19.2 Å². The van der Waals surface area contributed by atoms with Gasteiger partial charge in [0.1, 0.15) is 5.82 Å². The van der Waals surface area contributed by atoms with Crippen LogP contribution < -0.4 is 4.72 Å². The van der Waals surface area contributed by atoms with Crippen molar-refractivity contribution in [3.63, 3.8) is 0 Å². The Kier molecular flexibility index (Phi) is 5.90. The molecule has 1 N–H and O–H groups in total. The Hall–Kier alpha value is -1.19. The number of carbonyl (C=O) groups excluding carboxylic acids is 1. The Labute approximate surface area is 125 Å². The highest BCUT2D eigenvalue weighted by Crippen LogP contribution is 2.20. The molecule has 20 heavy (non-hydrogen) atoms. The number of rotatable bonds is 6. The third-order valence-electron chi connectivity index (χ3n) is 2.44.